The van der Waals surface area contributed by atoms with E-state index in [-0.39, 0.29) is 17.0 Å². The molecule has 0 aliphatic carbocycles. The number of aromatic nitrogens is 2. The van der Waals surface area contributed by atoms with Gasteiger partial charge in [-0.1, -0.05) is 43.5 Å². The molecular formula is C27H32Cl2N6O2S. The Hall–Kier alpha value is -3.01. The number of benzene rings is 1. The van der Waals surface area contributed by atoms with Gasteiger partial charge in [0.1, 0.15) is 23.4 Å². The number of nitrogens with zero attached hydrogens (tertiary/aromatic N) is 3. The van der Waals surface area contributed by atoms with Gasteiger partial charge < -0.3 is 20.7 Å². The first-order valence-corrected chi connectivity index (χ1v) is 14.2. The van der Waals surface area contributed by atoms with Gasteiger partial charge in [-0.2, -0.15) is 11.8 Å². The van der Waals surface area contributed by atoms with Crippen LogP contribution in [-0.4, -0.2) is 46.2 Å². The molecule has 1 aliphatic rings. The summed E-state index contributed by atoms with van der Waals surface area (Å²) < 4.78 is 5.98. The first-order valence-electron chi connectivity index (χ1n) is 12.3. The van der Waals surface area contributed by atoms with Crippen LogP contribution in [0.1, 0.15) is 44.4 Å². The van der Waals surface area contributed by atoms with Crippen molar-refractivity contribution in [2.75, 3.05) is 40.5 Å². The third-order valence-corrected chi connectivity index (χ3v) is 7.04. The van der Waals surface area contributed by atoms with Crippen molar-refractivity contribution < 1.29 is 9.53 Å². The predicted octanol–water partition coefficient (Wildman–Crippen LogP) is 6.48. The number of ether oxygens (including phenoxy) is 1. The summed E-state index contributed by atoms with van der Waals surface area (Å²) in [6.45, 7) is 7.98. The third-order valence-electron chi connectivity index (χ3n) is 5.50. The predicted molar refractivity (Wildman–Crippen MR) is 159 cm³/mol. The van der Waals surface area contributed by atoms with Crippen LogP contribution >= 0.6 is 35.0 Å². The Balaban J connectivity index is 0.00000127. The number of halogens is 2. The van der Waals surface area contributed by atoms with E-state index in [1.54, 1.807) is 37.4 Å². The molecule has 0 saturated carbocycles. The highest BCUT2D eigenvalue weighted by molar-refractivity contribution is 7.99. The molecule has 3 heterocycles. The standard InChI is InChI=1S/C24H24Cl2N6O2S.C3H8/c1-14(22-18(25)12-29-13-19(22)26)34-16-3-4-20(27)17(10-16)23(28)24(33)31-21-5-2-15(11-30-21)32-6-8-35-9-7-32;1-3-2/h2-5,10-14,28H,6-9,27H2,1H3,(H,30,31,33);3H2,1-2H3. The van der Waals surface area contributed by atoms with Crippen LogP contribution in [0, 0.1) is 5.41 Å². The Morgan fingerprint density at radius 3 is 2.42 bits per heavy atom. The van der Waals surface area contributed by atoms with E-state index in [0.717, 1.165) is 30.3 Å². The van der Waals surface area contributed by atoms with Gasteiger partial charge in [0.25, 0.3) is 5.91 Å². The normalized spacial score (nSPS) is 13.7. The van der Waals surface area contributed by atoms with Crippen LogP contribution in [0.15, 0.2) is 48.9 Å². The highest BCUT2D eigenvalue weighted by Gasteiger charge is 2.20. The fourth-order valence-corrected chi connectivity index (χ4v) is 5.24. The summed E-state index contributed by atoms with van der Waals surface area (Å²) in [6.07, 6.45) is 5.46. The van der Waals surface area contributed by atoms with Gasteiger partial charge in [0.05, 0.1) is 21.9 Å². The van der Waals surface area contributed by atoms with E-state index in [1.165, 1.54) is 18.8 Å². The van der Waals surface area contributed by atoms with E-state index in [4.69, 9.17) is 39.1 Å². The van der Waals surface area contributed by atoms with Gasteiger partial charge in [-0.15, -0.1) is 0 Å². The summed E-state index contributed by atoms with van der Waals surface area (Å²) in [4.78, 5) is 23.3. The van der Waals surface area contributed by atoms with Crippen molar-refractivity contribution in [2.45, 2.75) is 33.3 Å². The van der Waals surface area contributed by atoms with Crippen molar-refractivity contribution in [3.05, 3.63) is 70.1 Å². The average molecular weight is 576 g/mol. The second kappa shape index (κ2) is 14.2. The molecule has 1 fully saturated rings. The number of nitrogens with two attached hydrogens (primary N) is 1. The quantitative estimate of drug-likeness (QED) is 0.218. The maximum Gasteiger partial charge on any atom is 0.275 e. The SMILES string of the molecule is CC(Oc1ccc(N)c(C(=N)C(=O)Nc2ccc(N3CCSCC3)cn2)c1)c1c(Cl)cncc1Cl.CCC. The second-order valence-corrected chi connectivity index (χ2v) is 10.6. The van der Waals surface area contributed by atoms with E-state index >= 15 is 0 Å². The van der Waals surface area contributed by atoms with Gasteiger partial charge in [-0.25, -0.2) is 4.98 Å². The summed E-state index contributed by atoms with van der Waals surface area (Å²) in [6, 6.07) is 8.43. The molecule has 0 spiro atoms. The number of nitrogens with one attached hydrogen (secondary N) is 2. The van der Waals surface area contributed by atoms with Crippen molar-refractivity contribution in [3.8, 4) is 5.75 Å². The maximum absolute atomic E-state index is 12.8. The Morgan fingerprint density at radius 1 is 1.16 bits per heavy atom. The minimum absolute atomic E-state index is 0.238. The number of carbonyl (C=O) groups excluding carboxylic acids is 1. The Kier molecular flexibility index (Phi) is 11.1. The van der Waals surface area contributed by atoms with Crippen LogP contribution < -0.4 is 20.7 Å². The Morgan fingerprint density at radius 2 is 1.82 bits per heavy atom. The van der Waals surface area contributed by atoms with E-state index in [1.807, 2.05) is 17.8 Å². The largest absolute Gasteiger partial charge is 0.486 e. The van der Waals surface area contributed by atoms with E-state index < -0.39 is 12.0 Å². The van der Waals surface area contributed by atoms with Crippen LogP contribution in [0.25, 0.3) is 0 Å². The zero-order valence-corrected chi connectivity index (χ0v) is 24.0. The molecule has 4 N–H and O–H groups in total. The van der Waals surface area contributed by atoms with Crippen molar-refractivity contribution in [1.82, 2.24) is 9.97 Å². The monoisotopic (exact) mass is 574 g/mol. The zero-order valence-electron chi connectivity index (χ0n) is 21.6. The molecule has 1 atom stereocenters. The topological polar surface area (TPSA) is 117 Å². The lowest BCUT2D eigenvalue weighted by Crippen LogP contribution is -2.32. The van der Waals surface area contributed by atoms with E-state index in [0.29, 0.717) is 27.2 Å². The summed E-state index contributed by atoms with van der Waals surface area (Å²) in [7, 11) is 0. The number of nitrogen functional groups attached to an aromatic ring is 1. The summed E-state index contributed by atoms with van der Waals surface area (Å²) in [5, 5.41) is 11.8. The molecule has 8 nitrogen and oxygen atoms in total. The fourth-order valence-electron chi connectivity index (χ4n) is 3.67. The Bertz CT molecular complexity index is 1230. The van der Waals surface area contributed by atoms with Crippen molar-refractivity contribution in [3.63, 3.8) is 0 Å². The van der Waals surface area contributed by atoms with Crippen LogP contribution in [0.4, 0.5) is 17.2 Å². The van der Waals surface area contributed by atoms with Crippen LogP contribution in [0.5, 0.6) is 5.75 Å². The zero-order chi connectivity index (χ0) is 27.7. The minimum Gasteiger partial charge on any atom is -0.486 e. The number of hydrogen-bond donors (Lipinski definition) is 3. The number of anilines is 3. The molecule has 0 bridgehead atoms. The summed E-state index contributed by atoms with van der Waals surface area (Å²) in [5.74, 6) is 2.31. The number of pyridine rings is 2. The van der Waals surface area contributed by atoms with Gasteiger partial charge in [-0.05, 0) is 37.3 Å². The number of thioether (sulfide) groups is 1. The molecule has 38 heavy (non-hydrogen) atoms. The fraction of sp³-hybridized carbons (Fsp3) is 0.333. The number of amides is 1. The average Bonchev–Trinajstić information content (AvgIpc) is 2.90. The van der Waals surface area contributed by atoms with E-state index in [2.05, 4.69) is 34.0 Å². The first kappa shape index (κ1) is 29.5. The number of hydrogen-bond acceptors (Lipinski definition) is 8. The molecule has 3 aromatic rings. The first-order chi connectivity index (χ1) is 18.2. The third kappa shape index (κ3) is 7.75. The smallest absolute Gasteiger partial charge is 0.275 e. The molecule has 202 valence electrons. The van der Waals surface area contributed by atoms with Gasteiger partial charge in [-0.3, -0.25) is 15.2 Å². The summed E-state index contributed by atoms with van der Waals surface area (Å²) in [5.41, 5.74) is 7.87. The van der Waals surface area contributed by atoms with E-state index in [9.17, 15) is 4.79 Å². The molecule has 2 aromatic heterocycles. The van der Waals surface area contributed by atoms with Crippen molar-refractivity contribution in [2.24, 2.45) is 0 Å². The van der Waals surface area contributed by atoms with Crippen LogP contribution in [0.3, 0.4) is 0 Å². The second-order valence-electron chi connectivity index (χ2n) is 8.56. The molecule has 1 aromatic carbocycles. The van der Waals surface area contributed by atoms with Crippen LogP contribution in [-0.2, 0) is 4.79 Å². The molecule has 4 rings (SSSR count). The van der Waals surface area contributed by atoms with Crippen molar-refractivity contribution in [1.29, 1.82) is 5.41 Å². The highest BCUT2D eigenvalue weighted by atomic mass is 35.5. The number of rotatable bonds is 7. The number of carbonyl (C=O) groups is 1. The lowest BCUT2D eigenvalue weighted by Gasteiger charge is -2.28. The minimum atomic E-state index is -0.628. The maximum atomic E-state index is 12.8. The van der Waals surface area contributed by atoms with Gasteiger partial charge >= 0.3 is 0 Å². The lowest BCUT2D eigenvalue weighted by molar-refractivity contribution is -0.110. The highest BCUT2D eigenvalue weighted by Crippen LogP contribution is 2.33. The lowest BCUT2D eigenvalue weighted by atomic mass is 10.1. The van der Waals surface area contributed by atoms with Gasteiger partial charge in [0.2, 0.25) is 0 Å². The molecule has 1 saturated heterocycles. The molecule has 1 aliphatic heterocycles. The van der Waals surface area contributed by atoms with Gasteiger partial charge in [0, 0.05) is 53.8 Å². The van der Waals surface area contributed by atoms with Gasteiger partial charge in [0.15, 0.2) is 0 Å². The Labute approximate surface area is 237 Å². The molecule has 1 unspecified atom stereocenters. The van der Waals surface area contributed by atoms with Crippen molar-refractivity contribution >= 4 is 63.8 Å². The molecule has 0 radical (unpaired) electrons. The summed E-state index contributed by atoms with van der Waals surface area (Å²) >= 11 is 14.4. The molecule has 11 heteroatoms. The molecular weight excluding hydrogens is 543 g/mol. The van der Waals surface area contributed by atoms with Crippen LogP contribution in [0.2, 0.25) is 10.0 Å². The molecule has 1 amide bonds.